The standard InChI is InChI=1S/C19H18ClFN2O3/c1-3-23-10-12(11-26-18-6-5-13(21)7-15(18)20)14-9-22-16(8-17(14)23)19(24)25-4-2/h5-10H,3-4,11H2,1-2H3. The Kier molecular flexibility index (Phi) is 5.42. The number of aromatic nitrogens is 2. The van der Waals surface area contributed by atoms with Crippen molar-refractivity contribution >= 4 is 28.5 Å². The van der Waals surface area contributed by atoms with E-state index >= 15 is 0 Å². The van der Waals surface area contributed by atoms with Crippen molar-refractivity contribution in [3.63, 3.8) is 0 Å². The SMILES string of the molecule is CCOC(=O)c1cc2c(cn1)c(COc1ccc(F)cc1Cl)cn2CC. The summed E-state index contributed by atoms with van der Waals surface area (Å²) in [6, 6.07) is 5.71. The summed E-state index contributed by atoms with van der Waals surface area (Å²) in [5.74, 6) is -0.462. The van der Waals surface area contributed by atoms with Crippen LogP contribution in [0.1, 0.15) is 29.9 Å². The molecule has 7 heteroatoms. The number of hydrogen-bond acceptors (Lipinski definition) is 4. The van der Waals surface area contributed by atoms with Gasteiger partial charge in [-0.25, -0.2) is 14.2 Å². The molecule has 0 bridgehead atoms. The first kappa shape index (κ1) is 18.2. The van der Waals surface area contributed by atoms with Crippen LogP contribution < -0.4 is 4.74 Å². The van der Waals surface area contributed by atoms with E-state index in [1.54, 1.807) is 19.2 Å². The van der Waals surface area contributed by atoms with E-state index in [4.69, 9.17) is 21.1 Å². The van der Waals surface area contributed by atoms with Gasteiger partial charge in [-0.05, 0) is 38.1 Å². The number of fused-ring (bicyclic) bond motifs is 1. The number of carbonyl (C=O) groups is 1. The molecule has 2 aromatic heterocycles. The number of aryl methyl sites for hydroxylation is 1. The first-order valence-corrected chi connectivity index (χ1v) is 8.64. The quantitative estimate of drug-likeness (QED) is 0.590. The minimum atomic E-state index is -0.450. The number of pyridine rings is 1. The highest BCUT2D eigenvalue weighted by atomic mass is 35.5. The molecular weight excluding hydrogens is 359 g/mol. The van der Waals surface area contributed by atoms with Gasteiger partial charge in [0.2, 0.25) is 0 Å². The molecule has 5 nitrogen and oxygen atoms in total. The van der Waals surface area contributed by atoms with Crippen molar-refractivity contribution in [2.75, 3.05) is 6.61 Å². The van der Waals surface area contributed by atoms with Gasteiger partial charge >= 0.3 is 5.97 Å². The van der Waals surface area contributed by atoms with Crippen molar-refractivity contribution in [2.45, 2.75) is 27.0 Å². The molecule has 0 spiro atoms. The van der Waals surface area contributed by atoms with E-state index in [0.717, 1.165) is 23.0 Å². The summed E-state index contributed by atoms with van der Waals surface area (Å²) in [6.45, 7) is 5.02. The molecule has 0 aliphatic rings. The highest BCUT2D eigenvalue weighted by molar-refractivity contribution is 6.32. The fourth-order valence-corrected chi connectivity index (χ4v) is 2.92. The van der Waals surface area contributed by atoms with E-state index in [9.17, 15) is 9.18 Å². The summed E-state index contributed by atoms with van der Waals surface area (Å²) < 4.78 is 25.9. The number of halogens is 2. The number of esters is 1. The highest BCUT2D eigenvalue weighted by Gasteiger charge is 2.15. The maximum Gasteiger partial charge on any atom is 0.356 e. The van der Waals surface area contributed by atoms with Crippen molar-refractivity contribution in [3.8, 4) is 5.75 Å². The van der Waals surface area contributed by atoms with Crippen LogP contribution in [0.4, 0.5) is 4.39 Å². The predicted octanol–water partition coefficient (Wildman–Crippen LogP) is 4.60. The second kappa shape index (κ2) is 7.74. The Morgan fingerprint density at radius 2 is 2.12 bits per heavy atom. The lowest BCUT2D eigenvalue weighted by molar-refractivity contribution is 0.0519. The number of nitrogens with zero attached hydrogens (tertiary/aromatic N) is 2. The molecule has 0 amide bonds. The zero-order valence-corrected chi connectivity index (χ0v) is 15.2. The maximum absolute atomic E-state index is 13.1. The first-order valence-electron chi connectivity index (χ1n) is 8.26. The largest absolute Gasteiger partial charge is 0.487 e. The molecule has 0 saturated heterocycles. The van der Waals surface area contributed by atoms with Gasteiger partial charge in [-0.3, -0.25) is 0 Å². The zero-order valence-electron chi connectivity index (χ0n) is 14.5. The predicted molar refractivity (Wildman–Crippen MR) is 97.1 cm³/mol. The molecule has 0 saturated carbocycles. The van der Waals surface area contributed by atoms with Gasteiger partial charge in [0.05, 0.1) is 17.1 Å². The lowest BCUT2D eigenvalue weighted by atomic mass is 10.2. The molecule has 3 rings (SSSR count). The Bertz CT molecular complexity index is 955. The third-order valence-corrected chi connectivity index (χ3v) is 4.25. The van der Waals surface area contributed by atoms with Crippen molar-refractivity contribution < 1.29 is 18.7 Å². The Balaban J connectivity index is 1.90. The van der Waals surface area contributed by atoms with Crippen molar-refractivity contribution in [1.82, 2.24) is 9.55 Å². The van der Waals surface area contributed by atoms with Crippen molar-refractivity contribution in [2.24, 2.45) is 0 Å². The third-order valence-electron chi connectivity index (χ3n) is 3.95. The van der Waals surface area contributed by atoms with Gasteiger partial charge in [0, 0.05) is 29.9 Å². The normalized spacial score (nSPS) is 10.9. The molecular formula is C19H18ClFN2O3. The lowest BCUT2D eigenvalue weighted by Crippen LogP contribution is -2.07. The Morgan fingerprint density at radius 3 is 2.81 bits per heavy atom. The summed E-state index contributed by atoms with van der Waals surface area (Å²) >= 11 is 6.00. The third kappa shape index (κ3) is 3.65. The summed E-state index contributed by atoms with van der Waals surface area (Å²) in [5, 5.41) is 1.09. The smallest absolute Gasteiger partial charge is 0.356 e. The molecule has 1 aromatic carbocycles. The van der Waals surface area contributed by atoms with Crippen LogP contribution in [0.15, 0.2) is 36.7 Å². The zero-order chi connectivity index (χ0) is 18.7. The van der Waals surface area contributed by atoms with Gasteiger partial charge in [0.1, 0.15) is 23.9 Å². The van der Waals surface area contributed by atoms with Crippen molar-refractivity contribution in [1.29, 1.82) is 0 Å². The molecule has 3 aromatic rings. The van der Waals surface area contributed by atoms with Crippen LogP contribution in [0.5, 0.6) is 5.75 Å². The molecule has 0 N–H and O–H groups in total. The van der Waals surface area contributed by atoms with Gasteiger partial charge in [-0.2, -0.15) is 0 Å². The highest BCUT2D eigenvalue weighted by Crippen LogP contribution is 2.28. The molecule has 0 atom stereocenters. The van der Waals surface area contributed by atoms with Crippen LogP contribution in [-0.4, -0.2) is 22.1 Å². The molecule has 0 unspecified atom stereocenters. The van der Waals surface area contributed by atoms with Gasteiger partial charge < -0.3 is 14.0 Å². The van der Waals surface area contributed by atoms with Crippen LogP contribution in [0.25, 0.3) is 10.9 Å². The minimum absolute atomic E-state index is 0.215. The van der Waals surface area contributed by atoms with Crippen molar-refractivity contribution in [3.05, 3.63) is 58.8 Å². The van der Waals surface area contributed by atoms with Crippen LogP contribution >= 0.6 is 11.6 Å². The summed E-state index contributed by atoms with van der Waals surface area (Å²) in [4.78, 5) is 16.1. The van der Waals surface area contributed by atoms with E-state index in [0.29, 0.717) is 12.4 Å². The van der Waals surface area contributed by atoms with Crippen LogP contribution in [0.2, 0.25) is 5.02 Å². The second-order valence-corrected chi connectivity index (χ2v) is 6.02. The topological polar surface area (TPSA) is 53.4 Å². The molecule has 26 heavy (non-hydrogen) atoms. The molecule has 0 fully saturated rings. The summed E-state index contributed by atoms with van der Waals surface area (Å²) in [7, 11) is 0. The Morgan fingerprint density at radius 1 is 1.31 bits per heavy atom. The molecule has 0 radical (unpaired) electrons. The van der Waals surface area contributed by atoms with Gasteiger partial charge in [-0.1, -0.05) is 11.6 Å². The van der Waals surface area contributed by atoms with E-state index in [-0.39, 0.29) is 17.3 Å². The van der Waals surface area contributed by atoms with Gasteiger partial charge in [-0.15, -0.1) is 0 Å². The average Bonchev–Trinajstić information content (AvgIpc) is 2.98. The molecule has 136 valence electrons. The Labute approximate surface area is 155 Å². The Hall–Kier alpha value is -2.60. The molecule has 0 aliphatic heterocycles. The summed E-state index contributed by atoms with van der Waals surface area (Å²) in [6.07, 6.45) is 3.58. The number of hydrogen-bond donors (Lipinski definition) is 0. The van der Waals surface area contributed by atoms with E-state index in [2.05, 4.69) is 4.98 Å². The maximum atomic E-state index is 13.1. The van der Waals surface area contributed by atoms with Crippen LogP contribution in [0.3, 0.4) is 0 Å². The van der Waals surface area contributed by atoms with Gasteiger partial charge in [0.25, 0.3) is 0 Å². The van der Waals surface area contributed by atoms with Gasteiger partial charge in [0.15, 0.2) is 0 Å². The summed E-state index contributed by atoms with van der Waals surface area (Å²) in [5.41, 5.74) is 2.03. The lowest BCUT2D eigenvalue weighted by Gasteiger charge is -2.07. The number of rotatable bonds is 6. The first-order chi connectivity index (χ1) is 12.5. The monoisotopic (exact) mass is 376 g/mol. The number of benzene rings is 1. The average molecular weight is 377 g/mol. The van der Waals surface area contributed by atoms with Crippen LogP contribution in [0, 0.1) is 5.82 Å². The second-order valence-electron chi connectivity index (χ2n) is 5.61. The number of ether oxygens (including phenoxy) is 2. The van der Waals surface area contributed by atoms with Crippen LogP contribution in [-0.2, 0) is 17.9 Å². The van der Waals surface area contributed by atoms with E-state index in [1.165, 1.54) is 18.2 Å². The number of carbonyl (C=O) groups excluding carboxylic acids is 1. The fourth-order valence-electron chi connectivity index (χ4n) is 2.70. The minimum Gasteiger partial charge on any atom is -0.487 e. The molecule has 0 aliphatic carbocycles. The van der Waals surface area contributed by atoms with E-state index in [1.807, 2.05) is 17.7 Å². The fraction of sp³-hybridized carbons (Fsp3) is 0.263. The van der Waals surface area contributed by atoms with E-state index < -0.39 is 11.8 Å². The molecule has 2 heterocycles.